The number of anilines is 2. The van der Waals surface area contributed by atoms with Crippen LogP contribution < -0.4 is 16.2 Å². The Balaban J connectivity index is 2.02. The van der Waals surface area contributed by atoms with Crippen molar-refractivity contribution < 1.29 is 4.79 Å². The average Bonchev–Trinajstić information content (AvgIpc) is 3.02. The molecule has 15 heavy (non-hydrogen) atoms. The maximum absolute atomic E-state index is 11.8. The number of carbonyl (C=O) groups excluding carboxylic acids is 1. The van der Waals surface area contributed by atoms with E-state index in [0.717, 1.165) is 24.2 Å². The Morgan fingerprint density at radius 1 is 1.33 bits per heavy atom. The lowest BCUT2D eigenvalue weighted by atomic mass is 10.1. The molecule has 1 aliphatic carbocycles. The summed E-state index contributed by atoms with van der Waals surface area (Å²) in [6.07, 6.45) is 2.21. The summed E-state index contributed by atoms with van der Waals surface area (Å²) in [5.41, 5.74) is 1.72. The number of carbonyl (C=O) groups is 1. The van der Waals surface area contributed by atoms with Gasteiger partial charge < -0.3 is 5.32 Å². The van der Waals surface area contributed by atoms with E-state index in [0.29, 0.717) is 5.92 Å². The lowest BCUT2D eigenvalue weighted by Crippen LogP contribution is -2.53. The van der Waals surface area contributed by atoms with Crippen molar-refractivity contribution in [3.63, 3.8) is 0 Å². The number of amides is 1. The van der Waals surface area contributed by atoms with Gasteiger partial charge in [0.05, 0.1) is 11.4 Å². The summed E-state index contributed by atoms with van der Waals surface area (Å²) in [4.78, 5) is 11.8. The highest BCUT2D eigenvalue weighted by molar-refractivity contribution is 6.03. The molecular formula is C11H13N3O. The van der Waals surface area contributed by atoms with Crippen molar-refractivity contribution in [1.29, 1.82) is 0 Å². The van der Waals surface area contributed by atoms with Crippen LogP contribution in [0.5, 0.6) is 0 Å². The summed E-state index contributed by atoms with van der Waals surface area (Å²) >= 11 is 0. The Morgan fingerprint density at radius 2 is 2.07 bits per heavy atom. The molecule has 1 atom stereocenters. The van der Waals surface area contributed by atoms with Crippen molar-refractivity contribution in [3.8, 4) is 0 Å². The molecule has 1 aliphatic heterocycles. The van der Waals surface area contributed by atoms with Crippen molar-refractivity contribution >= 4 is 17.3 Å². The van der Waals surface area contributed by atoms with Crippen LogP contribution in [0.3, 0.4) is 0 Å². The highest BCUT2D eigenvalue weighted by atomic mass is 16.2. The number of nitrogens with zero attached hydrogens (tertiary/aromatic N) is 1. The number of para-hydroxylation sites is 2. The third-order valence-corrected chi connectivity index (χ3v) is 3.08. The third kappa shape index (κ3) is 1.29. The molecule has 0 radical (unpaired) electrons. The van der Waals surface area contributed by atoms with Crippen LogP contribution >= 0.6 is 0 Å². The van der Waals surface area contributed by atoms with E-state index in [2.05, 4.69) is 5.32 Å². The van der Waals surface area contributed by atoms with Gasteiger partial charge in [-0.25, -0.2) is 5.84 Å². The van der Waals surface area contributed by atoms with Crippen molar-refractivity contribution in [1.82, 2.24) is 0 Å². The van der Waals surface area contributed by atoms with Gasteiger partial charge in [0.2, 0.25) is 5.91 Å². The van der Waals surface area contributed by atoms with Gasteiger partial charge in [0.25, 0.3) is 0 Å². The van der Waals surface area contributed by atoms with Gasteiger partial charge in [-0.3, -0.25) is 9.80 Å². The molecule has 1 aromatic rings. The highest BCUT2D eigenvalue weighted by Gasteiger charge is 2.42. The van der Waals surface area contributed by atoms with Crippen LogP contribution in [0.4, 0.5) is 11.4 Å². The highest BCUT2D eigenvalue weighted by Crippen LogP contribution is 2.40. The van der Waals surface area contributed by atoms with Gasteiger partial charge in [0, 0.05) is 0 Å². The predicted octanol–water partition coefficient (Wildman–Crippen LogP) is 1.10. The minimum atomic E-state index is -0.181. The summed E-state index contributed by atoms with van der Waals surface area (Å²) in [7, 11) is 0. The minimum absolute atomic E-state index is 0.0266. The first-order valence-corrected chi connectivity index (χ1v) is 5.21. The molecule has 4 nitrogen and oxygen atoms in total. The molecule has 1 amide bonds. The maximum atomic E-state index is 11.8. The van der Waals surface area contributed by atoms with E-state index in [1.807, 2.05) is 24.3 Å². The molecule has 0 aromatic heterocycles. The number of nitrogens with two attached hydrogens (primary N) is 1. The zero-order valence-electron chi connectivity index (χ0n) is 8.31. The van der Waals surface area contributed by atoms with Gasteiger partial charge in [-0.05, 0) is 30.9 Å². The quantitative estimate of drug-likeness (QED) is 0.672. The zero-order chi connectivity index (χ0) is 10.4. The fourth-order valence-electron chi connectivity index (χ4n) is 2.14. The SMILES string of the molecule is NN1c2ccccc2NC(=O)C1C1CC1. The third-order valence-electron chi connectivity index (χ3n) is 3.08. The van der Waals surface area contributed by atoms with Crippen molar-refractivity contribution in [3.05, 3.63) is 24.3 Å². The molecule has 1 heterocycles. The van der Waals surface area contributed by atoms with E-state index < -0.39 is 0 Å². The molecule has 1 aromatic carbocycles. The lowest BCUT2D eigenvalue weighted by Gasteiger charge is -2.34. The Kier molecular flexibility index (Phi) is 1.73. The van der Waals surface area contributed by atoms with Crippen LogP contribution in [0.2, 0.25) is 0 Å². The van der Waals surface area contributed by atoms with E-state index in [1.165, 1.54) is 0 Å². The molecule has 2 aliphatic rings. The van der Waals surface area contributed by atoms with E-state index >= 15 is 0 Å². The van der Waals surface area contributed by atoms with Crippen LogP contribution in [0.25, 0.3) is 0 Å². The number of hydrogen-bond donors (Lipinski definition) is 2. The molecule has 0 spiro atoms. The molecule has 3 rings (SSSR count). The second-order valence-corrected chi connectivity index (χ2v) is 4.20. The average molecular weight is 203 g/mol. The minimum Gasteiger partial charge on any atom is -0.322 e. The van der Waals surface area contributed by atoms with Gasteiger partial charge in [-0.1, -0.05) is 12.1 Å². The number of hydrazine groups is 1. The largest absolute Gasteiger partial charge is 0.322 e. The molecule has 78 valence electrons. The number of fused-ring (bicyclic) bond motifs is 1. The Hall–Kier alpha value is -1.55. The fourth-order valence-corrected chi connectivity index (χ4v) is 2.14. The number of benzene rings is 1. The van der Waals surface area contributed by atoms with E-state index in [4.69, 9.17) is 5.84 Å². The molecule has 1 unspecified atom stereocenters. The summed E-state index contributed by atoms with van der Waals surface area (Å²) in [6.45, 7) is 0. The summed E-state index contributed by atoms with van der Waals surface area (Å²) in [6, 6.07) is 7.45. The summed E-state index contributed by atoms with van der Waals surface area (Å²) in [5, 5.41) is 4.52. The monoisotopic (exact) mass is 203 g/mol. The molecule has 4 heteroatoms. The van der Waals surface area contributed by atoms with Crippen LogP contribution in [-0.4, -0.2) is 11.9 Å². The van der Waals surface area contributed by atoms with Crippen molar-refractivity contribution in [2.75, 3.05) is 10.3 Å². The van der Waals surface area contributed by atoms with Gasteiger partial charge in [0.1, 0.15) is 6.04 Å². The second-order valence-electron chi connectivity index (χ2n) is 4.20. The predicted molar refractivity (Wildman–Crippen MR) is 58.3 cm³/mol. The fraction of sp³-hybridized carbons (Fsp3) is 0.364. The lowest BCUT2D eigenvalue weighted by molar-refractivity contribution is -0.118. The van der Waals surface area contributed by atoms with Crippen LogP contribution in [0.15, 0.2) is 24.3 Å². The van der Waals surface area contributed by atoms with Crippen molar-refractivity contribution in [2.24, 2.45) is 11.8 Å². The second kappa shape index (κ2) is 2.97. The molecular weight excluding hydrogens is 190 g/mol. The zero-order valence-corrected chi connectivity index (χ0v) is 8.31. The first-order chi connectivity index (χ1) is 7.27. The molecule has 1 saturated carbocycles. The Labute approximate surface area is 88.0 Å². The Morgan fingerprint density at radius 3 is 2.80 bits per heavy atom. The van der Waals surface area contributed by atoms with E-state index in [1.54, 1.807) is 5.01 Å². The molecule has 1 fully saturated rings. The van der Waals surface area contributed by atoms with E-state index in [-0.39, 0.29) is 11.9 Å². The van der Waals surface area contributed by atoms with Gasteiger partial charge >= 0.3 is 0 Å². The standard InChI is InChI=1S/C11H13N3O/c12-14-9-4-2-1-3-8(9)13-11(15)10(14)7-5-6-7/h1-4,7,10H,5-6,12H2,(H,13,15). The topological polar surface area (TPSA) is 58.4 Å². The molecule has 3 N–H and O–H groups in total. The van der Waals surface area contributed by atoms with Gasteiger partial charge in [-0.15, -0.1) is 0 Å². The van der Waals surface area contributed by atoms with Crippen molar-refractivity contribution in [2.45, 2.75) is 18.9 Å². The first kappa shape index (κ1) is 8.73. The summed E-state index contributed by atoms with van der Waals surface area (Å²) < 4.78 is 0. The number of nitrogens with one attached hydrogen (secondary N) is 1. The van der Waals surface area contributed by atoms with Crippen LogP contribution in [-0.2, 0) is 4.79 Å². The summed E-state index contributed by atoms with van der Waals surface area (Å²) in [5.74, 6) is 6.45. The normalized spacial score (nSPS) is 24.7. The van der Waals surface area contributed by atoms with Crippen LogP contribution in [0.1, 0.15) is 12.8 Å². The number of rotatable bonds is 1. The van der Waals surface area contributed by atoms with Crippen LogP contribution in [0, 0.1) is 5.92 Å². The van der Waals surface area contributed by atoms with E-state index in [9.17, 15) is 4.79 Å². The maximum Gasteiger partial charge on any atom is 0.249 e. The first-order valence-electron chi connectivity index (χ1n) is 5.21. The smallest absolute Gasteiger partial charge is 0.249 e. The van der Waals surface area contributed by atoms with Gasteiger partial charge in [0.15, 0.2) is 0 Å². The number of hydrogen-bond acceptors (Lipinski definition) is 3. The van der Waals surface area contributed by atoms with Gasteiger partial charge in [-0.2, -0.15) is 0 Å². The Bertz CT molecular complexity index is 414. The molecule has 0 bridgehead atoms. The molecule has 0 saturated heterocycles.